The molecule has 0 bridgehead atoms. The fraction of sp³-hybridized carbons (Fsp3) is 0.933. The number of hydrogen-bond donors (Lipinski definition) is 1. The number of rotatable bonds is 12. The highest BCUT2D eigenvalue weighted by Gasteiger charge is 2.08. The Morgan fingerprint density at radius 3 is 1.94 bits per heavy atom. The highest BCUT2D eigenvalue weighted by atomic mass is 32.1. The van der Waals surface area contributed by atoms with Crippen LogP contribution in [0.15, 0.2) is 0 Å². The van der Waals surface area contributed by atoms with Crippen molar-refractivity contribution in [2.75, 3.05) is 0 Å². The Balaban J connectivity index is 3.64. The summed E-state index contributed by atoms with van der Waals surface area (Å²) < 4.78 is 0. The van der Waals surface area contributed by atoms with Crippen LogP contribution < -0.4 is 0 Å². The quantitative estimate of drug-likeness (QED) is 0.351. The van der Waals surface area contributed by atoms with E-state index in [9.17, 15) is 0 Å². The van der Waals surface area contributed by atoms with Crippen molar-refractivity contribution in [2.45, 2.75) is 84.5 Å². The lowest BCUT2D eigenvalue weighted by molar-refractivity contribution is 0.376. The second-order valence-electron chi connectivity index (χ2n) is 5.14. The molecule has 0 fully saturated rings. The second kappa shape index (κ2) is 12.3. The van der Waals surface area contributed by atoms with Gasteiger partial charge < -0.3 is 5.11 Å². The largest absolute Gasteiger partial charge is 0.502 e. The molecule has 17 heavy (non-hydrogen) atoms. The zero-order valence-corrected chi connectivity index (χ0v) is 12.5. The maximum Gasteiger partial charge on any atom is 0.156 e. The predicted molar refractivity (Wildman–Crippen MR) is 80.9 cm³/mol. The third-order valence-electron chi connectivity index (χ3n) is 3.43. The lowest BCUT2D eigenvalue weighted by Crippen LogP contribution is -2.02. The van der Waals surface area contributed by atoms with Crippen molar-refractivity contribution in [3.8, 4) is 0 Å². The summed E-state index contributed by atoms with van der Waals surface area (Å²) in [5.74, 6) is 0.911. The smallest absolute Gasteiger partial charge is 0.156 e. The van der Waals surface area contributed by atoms with Crippen LogP contribution in [-0.4, -0.2) is 10.2 Å². The van der Waals surface area contributed by atoms with Gasteiger partial charge in [-0.25, -0.2) is 0 Å². The van der Waals surface area contributed by atoms with Crippen LogP contribution in [0, 0.1) is 5.92 Å². The maximum absolute atomic E-state index is 8.96. The molecule has 102 valence electrons. The molecule has 0 saturated heterocycles. The molecule has 1 atom stereocenters. The van der Waals surface area contributed by atoms with Crippen LogP contribution in [0.3, 0.4) is 0 Å². The number of aliphatic hydroxyl groups is 1. The average molecular weight is 258 g/mol. The van der Waals surface area contributed by atoms with E-state index >= 15 is 0 Å². The van der Waals surface area contributed by atoms with Crippen molar-refractivity contribution in [3.05, 3.63) is 0 Å². The molecule has 0 aliphatic rings. The van der Waals surface area contributed by atoms with Gasteiger partial charge in [-0.2, -0.15) is 0 Å². The van der Waals surface area contributed by atoms with Gasteiger partial charge >= 0.3 is 0 Å². The standard InChI is InChI=1S/C15H30OS/c1-3-5-7-11-14(10-6-4-2)12-8-9-13-15(16)17/h14H,3-13H2,1-2H3,(H,16,17). The highest BCUT2D eigenvalue weighted by Crippen LogP contribution is 2.22. The van der Waals surface area contributed by atoms with E-state index in [0.717, 1.165) is 12.3 Å². The van der Waals surface area contributed by atoms with Gasteiger partial charge in [-0.15, -0.1) is 0 Å². The van der Waals surface area contributed by atoms with Crippen LogP contribution >= 0.6 is 12.2 Å². The van der Waals surface area contributed by atoms with Crippen molar-refractivity contribution in [1.29, 1.82) is 0 Å². The summed E-state index contributed by atoms with van der Waals surface area (Å²) in [6.07, 6.45) is 13.9. The van der Waals surface area contributed by atoms with E-state index in [0.29, 0.717) is 6.42 Å². The third-order valence-corrected chi connectivity index (χ3v) is 3.64. The van der Waals surface area contributed by atoms with E-state index in [1.54, 1.807) is 0 Å². The summed E-state index contributed by atoms with van der Waals surface area (Å²) in [6.45, 7) is 4.54. The second-order valence-corrected chi connectivity index (χ2v) is 5.61. The van der Waals surface area contributed by atoms with Crippen molar-refractivity contribution in [2.24, 2.45) is 5.92 Å². The molecule has 0 amide bonds. The Labute approximate surface area is 113 Å². The zero-order valence-electron chi connectivity index (χ0n) is 11.7. The third kappa shape index (κ3) is 12.1. The Bertz CT molecular complexity index is 180. The first-order valence-corrected chi connectivity index (χ1v) is 7.83. The first-order chi connectivity index (χ1) is 8.20. The van der Waals surface area contributed by atoms with E-state index < -0.39 is 0 Å². The molecule has 0 aromatic carbocycles. The van der Waals surface area contributed by atoms with Crippen molar-refractivity contribution < 1.29 is 5.11 Å². The van der Waals surface area contributed by atoms with E-state index in [1.165, 1.54) is 57.8 Å². The van der Waals surface area contributed by atoms with E-state index in [4.69, 9.17) is 5.11 Å². The van der Waals surface area contributed by atoms with Crippen LogP contribution in [-0.2, 0) is 0 Å². The maximum atomic E-state index is 8.96. The van der Waals surface area contributed by atoms with Crippen LogP contribution in [0.1, 0.15) is 84.5 Å². The molecule has 1 nitrogen and oxygen atoms in total. The number of unbranched alkanes of at least 4 members (excludes halogenated alkanes) is 4. The molecule has 1 N–H and O–H groups in total. The Hall–Kier alpha value is -0.110. The summed E-state index contributed by atoms with van der Waals surface area (Å²) in [5, 5.41) is 9.15. The molecule has 0 spiro atoms. The number of aliphatic hydroxyl groups excluding tert-OH is 1. The Kier molecular flexibility index (Phi) is 12.3. The van der Waals surface area contributed by atoms with Gasteiger partial charge in [-0.3, -0.25) is 0 Å². The summed E-state index contributed by atoms with van der Waals surface area (Å²) in [6, 6.07) is 0. The van der Waals surface area contributed by atoms with Gasteiger partial charge in [0.1, 0.15) is 0 Å². The lowest BCUT2D eigenvalue weighted by atomic mass is 9.90. The number of thiocarbonyl (C=S) groups is 1. The minimum atomic E-state index is 0.182. The molecule has 0 rings (SSSR count). The Morgan fingerprint density at radius 2 is 1.41 bits per heavy atom. The van der Waals surface area contributed by atoms with Crippen molar-refractivity contribution in [3.63, 3.8) is 0 Å². The van der Waals surface area contributed by atoms with Gasteiger partial charge in [0.05, 0.1) is 0 Å². The summed E-state index contributed by atoms with van der Waals surface area (Å²) in [4.78, 5) is 0. The molecule has 0 heterocycles. The molecule has 0 saturated carbocycles. The first-order valence-electron chi connectivity index (χ1n) is 7.42. The van der Waals surface area contributed by atoms with Crippen molar-refractivity contribution in [1.82, 2.24) is 0 Å². The van der Waals surface area contributed by atoms with E-state index in [-0.39, 0.29) is 5.05 Å². The first kappa shape index (κ1) is 16.9. The summed E-state index contributed by atoms with van der Waals surface area (Å²) in [7, 11) is 0. The topological polar surface area (TPSA) is 20.2 Å². The van der Waals surface area contributed by atoms with Gasteiger partial charge in [0.15, 0.2) is 5.05 Å². The van der Waals surface area contributed by atoms with Crippen LogP contribution in [0.25, 0.3) is 0 Å². The summed E-state index contributed by atoms with van der Waals surface area (Å²) >= 11 is 4.69. The molecule has 0 aromatic rings. The summed E-state index contributed by atoms with van der Waals surface area (Å²) in [5.41, 5.74) is 0. The van der Waals surface area contributed by atoms with Gasteiger partial charge in [0, 0.05) is 6.42 Å². The molecule has 0 aliphatic heterocycles. The van der Waals surface area contributed by atoms with Gasteiger partial charge in [0.2, 0.25) is 0 Å². The van der Waals surface area contributed by atoms with Gasteiger partial charge in [-0.05, 0) is 24.6 Å². The minimum absolute atomic E-state index is 0.182. The lowest BCUT2D eigenvalue weighted by Gasteiger charge is -2.16. The average Bonchev–Trinajstić information content (AvgIpc) is 2.30. The van der Waals surface area contributed by atoms with Crippen LogP contribution in [0.2, 0.25) is 0 Å². The van der Waals surface area contributed by atoms with Gasteiger partial charge in [0.25, 0.3) is 0 Å². The van der Waals surface area contributed by atoms with Crippen molar-refractivity contribution >= 4 is 17.3 Å². The van der Waals surface area contributed by atoms with E-state index in [1.807, 2.05) is 0 Å². The highest BCUT2D eigenvalue weighted by molar-refractivity contribution is 7.80. The molecule has 0 aromatic heterocycles. The number of hydrogen-bond acceptors (Lipinski definition) is 1. The molecule has 0 radical (unpaired) electrons. The SMILES string of the molecule is CCCCCC(CCCC)CCCCC(O)=S. The van der Waals surface area contributed by atoms with E-state index in [2.05, 4.69) is 26.1 Å². The molecule has 2 heteroatoms. The minimum Gasteiger partial charge on any atom is -0.502 e. The molecular weight excluding hydrogens is 228 g/mol. The molecule has 0 aliphatic carbocycles. The normalized spacial score (nSPS) is 12.6. The van der Waals surface area contributed by atoms with Crippen LogP contribution in [0.5, 0.6) is 0 Å². The predicted octanol–water partition coefficient (Wildman–Crippen LogP) is 5.82. The zero-order chi connectivity index (χ0) is 12.9. The Morgan fingerprint density at radius 1 is 0.882 bits per heavy atom. The fourth-order valence-electron chi connectivity index (χ4n) is 2.32. The molecule has 1 unspecified atom stereocenters. The van der Waals surface area contributed by atoms with Crippen LogP contribution in [0.4, 0.5) is 0 Å². The molecular formula is C15H30OS. The fourth-order valence-corrected chi connectivity index (χ4v) is 2.46. The van der Waals surface area contributed by atoms with Gasteiger partial charge in [-0.1, -0.05) is 71.6 Å². The monoisotopic (exact) mass is 258 g/mol.